The number of nitrogens with zero attached hydrogens (tertiary/aromatic N) is 3. The molecule has 1 aromatic heterocycles. The molecule has 3 aromatic carbocycles. The van der Waals surface area contributed by atoms with Crippen molar-refractivity contribution in [2.45, 2.75) is 26.5 Å². The number of hydrogen-bond donors (Lipinski definition) is 0. The Bertz CT molecular complexity index is 1840. The van der Waals surface area contributed by atoms with Gasteiger partial charge in [-0.1, -0.05) is 47.2 Å². The van der Waals surface area contributed by atoms with Crippen molar-refractivity contribution in [3.05, 3.63) is 136 Å². The molecule has 1 unspecified atom stereocenters. The Morgan fingerprint density at radius 1 is 1.15 bits per heavy atom. The predicted octanol–water partition coefficient (Wildman–Crippen LogP) is 4.94. The van der Waals surface area contributed by atoms with Crippen LogP contribution in [0.4, 0.5) is 5.69 Å². The van der Waals surface area contributed by atoms with Gasteiger partial charge in [-0.25, -0.2) is 9.79 Å². The molecule has 2 heterocycles. The molecule has 0 N–H and O–H groups in total. The van der Waals surface area contributed by atoms with Crippen molar-refractivity contribution in [3.8, 4) is 5.75 Å². The second-order valence-electron chi connectivity index (χ2n) is 9.14. The monoisotopic (exact) mass is 589 g/mol. The van der Waals surface area contributed by atoms with Crippen molar-refractivity contribution < 1.29 is 19.2 Å². The van der Waals surface area contributed by atoms with Gasteiger partial charge in [-0.15, -0.1) is 0 Å². The SMILES string of the molecule is CCOC(=O)C1=C(C)N=c2s/c(=C\c3cccc(OCc4ccc([N+](=O)[O-])cc4)c3)c(=O)n2C1c1ccc(Cl)cc1. The summed E-state index contributed by atoms with van der Waals surface area (Å²) in [5.74, 6) is 0.0465. The van der Waals surface area contributed by atoms with Gasteiger partial charge in [0.2, 0.25) is 0 Å². The molecule has 0 aliphatic carbocycles. The largest absolute Gasteiger partial charge is 0.489 e. The molecule has 0 fully saturated rings. The highest BCUT2D eigenvalue weighted by Crippen LogP contribution is 2.31. The molecular formula is C30H24ClN3O6S. The lowest BCUT2D eigenvalue weighted by molar-refractivity contribution is -0.384. The maximum absolute atomic E-state index is 13.8. The van der Waals surface area contributed by atoms with E-state index in [-0.39, 0.29) is 24.5 Å². The van der Waals surface area contributed by atoms with Gasteiger partial charge in [0.25, 0.3) is 11.2 Å². The first-order valence-corrected chi connectivity index (χ1v) is 13.9. The van der Waals surface area contributed by atoms with E-state index < -0.39 is 16.9 Å². The Kier molecular flexibility index (Phi) is 8.14. The first kappa shape index (κ1) is 28.0. The minimum Gasteiger partial charge on any atom is -0.489 e. The maximum atomic E-state index is 13.8. The molecule has 0 saturated carbocycles. The topological polar surface area (TPSA) is 113 Å². The summed E-state index contributed by atoms with van der Waals surface area (Å²) in [5.41, 5.74) is 2.74. The normalized spacial score (nSPS) is 14.8. The highest BCUT2D eigenvalue weighted by molar-refractivity contribution is 7.07. The number of thiazole rings is 1. The van der Waals surface area contributed by atoms with Crippen molar-refractivity contribution in [1.29, 1.82) is 0 Å². The van der Waals surface area contributed by atoms with Crippen LogP contribution in [-0.4, -0.2) is 22.1 Å². The Hall–Kier alpha value is -4.54. The Labute approximate surface area is 243 Å². The van der Waals surface area contributed by atoms with Gasteiger partial charge in [-0.05, 0) is 73.0 Å². The van der Waals surface area contributed by atoms with Gasteiger partial charge < -0.3 is 9.47 Å². The summed E-state index contributed by atoms with van der Waals surface area (Å²) in [7, 11) is 0. The number of rotatable bonds is 8. The van der Waals surface area contributed by atoms with Crippen molar-refractivity contribution in [2.75, 3.05) is 6.61 Å². The molecular weight excluding hydrogens is 566 g/mol. The number of benzene rings is 3. The summed E-state index contributed by atoms with van der Waals surface area (Å²) >= 11 is 7.34. The van der Waals surface area contributed by atoms with Gasteiger partial charge in [0.15, 0.2) is 4.80 Å². The fourth-order valence-corrected chi connectivity index (χ4v) is 5.65. The van der Waals surface area contributed by atoms with Crippen molar-refractivity contribution in [3.63, 3.8) is 0 Å². The predicted molar refractivity (Wildman–Crippen MR) is 156 cm³/mol. The van der Waals surface area contributed by atoms with Gasteiger partial charge in [-0.3, -0.25) is 19.5 Å². The van der Waals surface area contributed by atoms with Gasteiger partial charge in [0.1, 0.15) is 12.4 Å². The molecule has 1 aliphatic rings. The minimum atomic E-state index is -0.721. The van der Waals surface area contributed by atoms with E-state index in [0.717, 1.165) is 11.1 Å². The number of ether oxygens (including phenoxy) is 2. The van der Waals surface area contributed by atoms with E-state index in [0.29, 0.717) is 36.9 Å². The molecule has 41 heavy (non-hydrogen) atoms. The number of carbonyl (C=O) groups excluding carboxylic acids is 1. The average Bonchev–Trinajstić information content (AvgIpc) is 3.26. The zero-order valence-corrected chi connectivity index (χ0v) is 23.6. The van der Waals surface area contributed by atoms with E-state index in [2.05, 4.69) is 4.99 Å². The second kappa shape index (κ2) is 11.9. The van der Waals surface area contributed by atoms with Crippen LogP contribution in [0.15, 0.2) is 93.9 Å². The number of hydrogen-bond acceptors (Lipinski definition) is 8. The van der Waals surface area contributed by atoms with Crippen LogP contribution in [0.3, 0.4) is 0 Å². The fraction of sp³-hybridized carbons (Fsp3) is 0.167. The Morgan fingerprint density at radius 2 is 1.88 bits per heavy atom. The first-order chi connectivity index (χ1) is 19.7. The molecule has 0 amide bonds. The van der Waals surface area contributed by atoms with Crippen LogP contribution in [0.5, 0.6) is 5.75 Å². The summed E-state index contributed by atoms with van der Waals surface area (Å²) in [5, 5.41) is 11.4. The number of nitro benzene ring substituents is 1. The molecule has 1 atom stereocenters. The van der Waals surface area contributed by atoms with Gasteiger partial charge in [0, 0.05) is 17.2 Å². The molecule has 0 spiro atoms. The zero-order chi connectivity index (χ0) is 29.1. The van der Waals surface area contributed by atoms with Crippen molar-refractivity contribution >= 4 is 40.7 Å². The second-order valence-corrected chi connectivity index (χ2v) is 10.6. The Morgan fingerprint density at radius 3 is 2.56 bits per heavy atom. The minimum absolute atomic E-state index is 0.0140. The van der Waals surface area contributed by atoms with Crippen LogP contribution in [0.1, 0.15) is 36.6 Å². The first-order valence-electron chi connectivity index (χ1n) is 12.7. The van der Waals surface area contributed by atoms with E-state index in [4.69, 9.17) is 21.1 Å². The summed E-state index contributed by atoms with van der Waals surface area (Å²) in [6.07, 6.45) is 1.75. The number of non-ortho nitro benzene ring substituents is 1. The number of esters is 1. The highest BCUT2D eigenvalue weighted by atomic mass is 35.5. The van der Waals surface area contributed by atoms with Gasteiger partial charge in [0.05, 0.1) is 33.4 Å². The molecule has 208 valence electrons. The van der Waals surface area contributed by atoms with E-state index in [9.17, 15) is 19.7 Å². The van der Waals surface area contributed by atoms with Crippen LogP contribution in [0.2, 0.25) is 5.02 Å². The van der Waals surface area contributed by atoms with Crippen LogP contribution < -0.4 is 19.6 Å². The summed E-state index contributed by atoms with van der Waals surface area (Å²) in [6.45, 7) is 3.87. The van der Waals surface area contributed by atoms with Gasteiger partial charge >= 0.3 is 5.97 Å². The van der Waals surface area contributed by atoms with Crippen molar-refractivity contribution in [2.24, 2.45) is 4.99 Å². The third-order valence-corrected chi connectivity index (χ3v) is 7.65. The molecule has 11 heteroatoms. The fourth-order valence-electron chi connectivity index (χ4n) is 4.48. The molecule has 0 bridgehead atoms. The molecule has 1 aliphatic heterocycles. The quantitative estimate of drug-likeness (QED) is 0.163. The molecule has 5 rings (SSSR count). The maximum Gasteiger partial charge on any atom is 0.338 e. The smallest absolute Gasteiger partial charge is 0.338 e. The Balaban J connectivity index is 1.49. The van der Waals surface area contributed by atoms with E-state index >= 15 is 0 Å². The summed E-state index contributed by atoms with van der Waals surface area (Å²) in [4.78, 5) is 42.3. The van der Waals surface area contributed by atoms with Crippen LogP contribution >= 0.6 is 22.9 Å². The number of fused-ring (bicyclic) bond motifs is 1. The number of aromatic nitrogens is 1. The number of halogens is 1. The zero-order valence-electron chi connectivity index (χ0n) is 22.1. The standard InChI is InChI=1S/C30H24ClN3O6S/c1-3-39-29(36)26-18(2)32-30-33(27(26)21-9-11-22(31)12-10-21)28(35)25(41-30)16-20-5-4-6-24(15-20)40-17-19-7-13-23(14-8-19)34(37)38/h4-16,27H,3,17H2,1-2H3/b25-16-. The molecule has 4 aromatic rings. The lowest BCUT2D eigenvalue weighted by Gasteiger charge is -2.24. The number of nitro groups is 1. The van der Waals surface area contributed by atoms with E-state index in [1.807, 2.05) is 12.1 Å². The summed E-state index contributed by atoms with van der Waals surface area (Å²) in [6, 6.07) is 19.7. The third-order valence-electron chi connectivity index (χ3n) is 6.41. The third kappa shape index (κ3) is 5.98. The summed E-state index contributed by atoms with van der Waals surface area (Å²) < 4.78 is 13.2. The number of allylic oxidation sites excluding steroid dienone is 1. The molecule has 0 saturated heterocycles. The molecule has 0 radical (unpaired) electrons. The van der Waals surface area contributed by atoms with E-state index in [1.165, 1.54) is 28.0 Å². The molecule has 9 nitrogen and oxygen atoms in total. The van der Waals surface area contributed by atoms with Crippen LogP contribution in [0, 0.1) is 10.1 Å². The lowest BCUT2D eigenvalue weighted by atomic mass is 9.96. The number of carbonyl (C=O) groups is 1. The van der Waals surface area contributed by atoms with Crippen LogP contribution in [0.25, 0.3) is 6.08 Å². The lowest BCUT2D eigenvalue weighted by Crippen LogP contribution is -2.39. The van der Waals surface area contributed by atoms with Crippen molar-refractivity contribution in [1.82, 2.24) is 4.57 Å². The van der Waals surface area contributed by atoms with Crippen LogP contribution in [-0.2, 0) is 16.1 Å². The average molecular weight is 590 g/mol. The van der Waals surface area contributed by atoms with E-state index in [1.54, 1.807) is 68.5 Å². The van der Waals surface area contributed by atoms with Gasteiger partial charge in [-0.2, -0.15) is 0 Å². The highest BCUT2D eigenvalue weighted by Gasteiger charge is 2.33.